The highest BCUT2D eigenvalue weighted by molar-refractivity contribution is 9.10. The molecule has 0 saturated carbocycles. The number of carbonyl (C=O) groups is 1. The third kappa shape index (κ3) is 2.61. The first-order chi connectivity index (χ1) is 9.84. The monoisotopic (exact) mass is 357 g/mol. The van der Waals surface area contributed by atoms with E-state index >= 15 is 0 Å². The molecule has 3 nitrogen and oxygen atoms in total. The molecular weight excluding hydrogens is 351 g/mol. The van der Waals surface area contributed by atoms with E-state index < -0.39 is 17.6 Å². The molecule has 1 N–H and O–H groups in total. The topological polar surface area (TPSA) is 38.3 Å². The van der Waals surface area contributed by atoms with Gasteiger partial charge in [0.2, 0.25) is 0 Å². The maximum absolute atomic E-state index is 12.7. The van der Waals surface area contributed by atoms with Crippen molar-refractivity contribution in [2.24, 2.45) is 0 Å². The van der Waals surface area contributed by atoms with Crippen molar-refractivity contribution in [1.82, 2.24) is 0 Å². The molecular formula is C14H7BrF3NO2. The molecule has 0 radical (unpaired) electrons. The number of halogens is 4. The van der Waals surface area contributed by atoms with E-state index in [1.54, 1.807) is 18.2 Å². The fourth-order valence-corrected chi connectivity index (χ4v) is 2.30. The van der Waals surface area contributed by atoms with Crippen molar-refractivity contribution in [3.63, 3.8) is 0 Å². The van der Waals surface area contributed by atoms with Gasteiger partial charge < -0.3 is 10.1 Å². The van der Waals surface area contributed by atoms with E-state index in [-0.39, 0.29) is 11.3 Å². The maximum Gasteiger partial charge on any atom is 0.416 e. The van der Waals surface area contributed by atoms with Gasteiger partial charge in [0, 0.05) is 4.47 Å². The third-order valence-electron chi connectivity index (χ3n) is 2.96. The Bertz CT molecular complexity index is 743. The molecule has 2 aromatic rings. The van der Waals surface area contributed by atoms with Crippen LogP contribution < -0.4 is 10.1 Å². The average Bonchev–Trinajstić information content (AvgIpc) is 2.53. The van der Waals surface area contributed by atoms with Crippen LogP contribution in [0.5, 0.6) is 11.5 Å². The Kier molecular flexibility index (Phi) is 3.16. The minimum Gasteiger partial charge on any atom is -0.454 e. The van der Waals surface area contributed by atoms with Crippen LogP contribution in [0, 0.1) is 0 Å². The zero-order chi connectivity index (χ0) is 15.2. The molecule has 0 bridgehead atoms. The van der Waals surface area contributed by atoms with Crippen molar-refractivity contribution < 1.29 is 22.7 Å². The second kappa shape index (κ2) is 4.77. The molecule has 21 heavy (non-hydrogen) atoms. The van der Waals surface area contributed by atoms with Crippen LogP contribution in [0.2, 0.25) is 0 Å². The van der Waals surface area contributed by atoms with E-state index in [1.807, 2.05) is 0 Å². The molecule has 1 aliphatic heterocycles. The number of carbonyl (C=O) groups excluding carboxylic acids is 1. The van der Waals surface area contributed by atoms with Crippen LogP contribution >= 0.6 is 15.9 Å². The van der Waals surface area contributed by atoms with E-state index in [1.165, 1.54) is 0 Å². The highest BCUT2D eigenvalue weighted by Crippen LogP contribution is 2.39. The van der Waals surface area contributed by atoms with Gasteiger partial charge in [-0.3, -0.25) is 4.79 Å². The molecule has 0 spiro atoms. The molecule has 2 aromatic carbocycles. The number of fused-ring (bicyclic) bond motifs is 2. The molecule has 0 saturated heterocycles. The third-order valence-corrected chi connectivity index (χ3v) is 3.46. The number of alkyl halides is 3. The van der Waals surface area contributed by atoms with E-state index in [9.17, 15) is 18.0 Å². The molecule has 0 unspecified atom stereocenters. The van der Waals surface area contributed by atoms with Crippen molar-refractivity contribution in [2.45, 2.75) is 6.18 Å². The Balaban J connectivity index is 2.11. The van der Waals surface area contributed by atoms with Crippen LogP contribution in [-0.4, -0.2) is 5.91 Å². The lowest BCUT2D eigenvalue weighted by molar-refractivity contribution is -0.137. The molecule has 108 valence electrons. The summed E-state index contributed by atoms with van der Waals surface area (Å²) < 4.78 is 44.4. The Morgan fingerprint density at radius 1 is 1.05 bits per heavy atom. The molecule has 1 aliphatic rings. The van der Waals surface area contributed by atoms with Gasteiger partial charge in [0.25, 0.3) is 5.91 Å². The summed E-state index contributed by atoms with van der Waals surface area (Å²) in [5, 5.41) is 2.53. The molecule has 0 fully saturated rings. The van der Waals surface area contributed by atoms with E-state index in [4.69, 9.17) is 4.74 Å². The fourth-order valence-electron chi connectivity index (χ4n) is 1.96. The lowest BCUT2D eigenvalue weighted by Crippen LogP contribution is -2.13. The summed E-state index contributed by atoms with van der Waals surface area (Å²) in [6.45, 7) is 0. The Morgan fingerprint density at radius 2 is 1.81 bits per heavy atom. The Labute approximate surface area is 125 Å². The molecule has 7 heteroatoms. The molecule has 1 heterocycles. The van der Waals surface area contributed by atoms with Crippen molar-refractivity contribution in [3.05, 3.63) is 52.0 Å². The number of hydrogen-bond donors (Lipinski definition) is 1. The van der Waals surface area contributed by atoms with Gasteiger partial charge in [-0.15, -0.1) is 0 Å². The van der Waals surface area contributed by atoms with E-state index in [0.717, 1.165) is 22.7 Å². The Hall–Kier alpha value is -2.02. The second-order valence-corrected chi connectivity index (χ2v) is 5.32. The van der Waals surface area contributed by atoms with Gasteiger partial charge in [-0.1, -0.05) is 15.9 Å². The summed E-state index contributed by atoms with van der Waals surface area (Å²) in [6, 6.07) is 7.74. The van der Waals surface area contributed by atoms with Gasteiger partial charge in [-0.25, -0.2) is 0 Å². The number of amides is 1. The SMILES string of the molecule is O=C1Nc2ccc(Br)cc2Oc2ccc(C(F)(F)F)cc21. The summed E-state index contributed by atoms with van der Waals surface area (Å²) in [6.07, 6.45) is -4.52. The predicted octanol–water partition coefficient (Wildman–Crippen LogP) is 4.83. The van der Waals surface area contributed by atoms with Gasteiger partial charge in [0.15, 0.2) is 5.75 Å². The number of hydrogen-bond acceptors (Lipinski definition) is 2. The van der Waals surface area contributed by atoms with Crippen LogP contribution in [0.1, 0.15) is 15.9 Å². The first-order valence-corrected chi connectivity index (χ1v) is 6.64. The fraction of sp³-hybridized carbons (Fsp3) is 0.0714. The zero-order valence-electron chi connectivity index (χ0n) is 10.3. The smallest absolute Gasteiger partial charge is 0.416 e. The van der Waals surface area contributed by atoms with Crippen molar-refractivity contribution in [3.8, 4) is 11.5 Å². The first-order valence-electron chi connectivity index (χ1n) is 5.84. The van der Waals surface area contributed by atoms with Crippen LogP contribution in [0.15, 0.2) is 40.9 Å². The largest absolute Gasteiger partial charge is 0.454 e. The number of rotatable bonds is 0. The van der Waals surface area contributed by atoms with Crippen LogP contribution in [0.4, 0.5) is 18.9 Å². The van der Waals surface area contributed by atoms with Crippen molar-refractivity contribution >= 4 is 27.5 Å². The van der Waals surface area contributed by atoms with Gasteiger partial charge >= 0.3 is 6.18 Å². The van der Waals surface area contributed by atoms with Crippen LogP contribution in [0.3, 0.4) is 0 Å². The summed E-state index contributed by atoms with van der Waals surface area (Å²) in [7, 11) is 0. The number of benzene rings is 2. The van der Waals surface area contributed by atoms with Gasteiger partial charge in [-0.2, -0.15) is 13.2 Å². The highest BCUT2D eigenvalue weighted by atomic mass is 79.9. The summed E-state index contributed by atoms with van der Waals surface area (Å²) >= 11 is 3.27. The normalized spacial score (nSPS) is 13.6. The van der Waals surface area contributed by atoms with Crippen LogP contribution in [-0.2, 0) is 6.18 Å². The van der Waals surface area contributed by atoms with Crippen molar-refractivity contribution in [2.75, 3.05) is 5.32 Å². The number of anilines is 1. The lowest BCUT2D eigenvalue weighted by Gasteiger charge is -2.10. The maximum atomic E-state index is 12.7. The highest BCUT2D eigenvalue weighted by Gasteiger charge is 2.33. The minimum absolute atomic E-state index is 0.0809. The van der Waals surface area contributed by atoms with Crippen LogP contribution in [0.25, 0.3) is 0 Å². The first kappa shape index (κ1) is 13.9. The summed E-state index contributed by atoms with van der Waals surface area (Å²) in [4.78, 5) is 12.1. The van der Waals surface area contributed by atoms with Gasteiger partial charge in [0.1, 0.15) is 5.75 Å². The van der Waals surface area contributed by atoms with Gasteiger partial charge in [0.05, 0.1) is 16.8 Å². The Morgan fingerprint density at radius 3 is 2.52 bits per heavy atom. The van der Waals surface area contributed by atoms with Gasteiger partial charge in [-0.05, 0) is 36.4 Å². The minimum atomic E-state index is -4.52. The van der Waals surface area contributed by atoms with E-state index in [2.05, 4.69) is 21.2 Å². The standard InChI is InChI=1S/C14H7BrF3NO2/c15-8-2-3-10-12(6-8)21-11-4-1-7(14(16,17)18)5-9(11)13(20)19-10/h1-6H,(H,19,20). The molecule has 3 rings (SSSR count). The molecule has 0 atom stereocenters. The second-order valence-electron chi connectivity index (χ2n) is 4.41. The summed E-state index contributed by atoms with van der Waals surface area (Å²) in [5.41, 5.74) is -0.655. The molecule has 1 amide bonds. The van der Waals surface area contributed by atoms with E-state index in [0.29, 0.717) is 11.4 Å². The lowest BCUT2D eigenvalue weighted by atomic mass is 10.1. The average molecular weight is 358 g/mol. The predicted molar refractivity (Wildman–Crippen MR) is 73.6 cm³/mol. The molecule has 0 aromatic heterocycles. The van der Waals surface area contributed by atoms with Crippen molar-refractivity contribution in [1.29, 1.82) is 0 Å². The zero-order valence-corrected chi connectivity index (χ0v) is 11.9. The quantitative estimate of drug-likeness (QED) is 0.733. The number of ether oxygens (including phenoxy) is 1. The summed E-state index contributed by atoms with van der Waals surface area (Å²) in [5.74, 6) is -0.203. The molecule has 0 aliphatic carbocycles. The number of nitrogens with one attached hydrogen (secondary N) is 1.